The van der Waals surface area contributed by atoms with Gasteiger partial charge in [0.05, 0.1) is 19.3 Å². The van der Waals surface area contributed by atoms with E-state index in [9.17, 15) is 4.79 Å². The highest BCUT2D eigenvalue weighted by atomic mass is 16.5. The van der Waals surface area contributed by atoms with E-state index < -0.39 is 0 Å². The summed E-state index contributed by atoms with van der Waals surface area (Å²) in [5, 5.41) is 2.97. The van der Waals surface area contributed by atoms with Crippen molar-refractivity contribution in [3.05, 3.63) is 18.2 Å². The molecule has 1 heterocycles. The van der Waals surface area contributed by atoms with Crippen molar-refractivity contribution in [3.63, 3.8) is 0 Å². The molecular formula is C19H29N3O2. The number of methoxy groups -OCH3 is 1. The third-order valence-corrected chi connectivity index (χ3v) is 5.37. The van der Waals surface area contributed by atoms with E-state index in [2.05, 4.69) is 31.0 Å². The van der Waals surface area contributed by atoms with Crippen molar-refractivity contribution >= 4 is 17.3 Å². The maximum absolute atomic E-state index is 12.5. The Morgan fingerprint density at radius 1 is 1.38 bits per heavy atom. The highest BCUT2D eigenvalue weighted by Crippen LogP contribution is 2.52. The highest BCUT2D eigenvalue weighted by Gasteiger charge is 2.49. The van der Waals surface area contributed by atoms with Crippen molar-refractivity contribution < 1.29 is 9.53 Å². The predicted octanol–water partition coefficient (Wildman–Crippen LogP) is 3.12. The van der Waals surface area contributed by atoms with Crippen molar-refractivity contribution in [2.45, 2.75) is 46.1 Å². The third kappa shape index (κ3) is 3.51. The summed E-state index contributed by atoms with van der Waals surface area (Å²) in [6, 6.07) is 5.80. The summed E-state index contributed by atoms with van der Waals surface area (Å²) < 4.78 is 5.30. The number of nitrogens with two attached hydrogens (primary N) is 1. The molecule has 1 amide bonds. The Kier molecular flexibility index (Phi) is 4.24. The fraction of sp³-hybridized carbons (Fsp3) is 0.632. The quantitative estimate of drug-likeness (QED) is 0.832. The lowest BCUT2D eigenvalue weighted by Crippen LogP contribution is -2.38. The molecule has 0 aromatic heterocycles. The topological polar surface area (TPSA) is 67.6 Å². The van der Waals surface area contributed by atoms with E-state index in [-0.39, 0.29) is 5.91 Å². The Morgan fingerprint density at radius 3 is 2.83 bits per heavy atom. The van der Waals surface area contributed by atoms with Gasteiger partial charge in [0.25, 0.3) is 0 Å². The van der Waals surface area contributed by atoms with Crippen LogP contribution in [0.4, 0.5) is 11.4 Å². The van der Waals surface area contributed by atoms with Gasteiger partial charge in [-0.1, -0.05) is 20.8 Å². The second-order valence-corrected chi connectivity index (χ2v) is 8.63. The lowest BCUT2D eigenvalue weighted by atomic mass is 9.65. The summed E-state index contributed by atoms with van der Waals surface area (Å²) in [4.78, 5) is 14.9. The summed E-state index contributed by atoms with van der Waals surface area (Å²) in [6.07, 6.45) is 3.61. The molecule has 1 aromatic carbocycles. The standard InChI is InChI=1S/C19H29N3O2/c1-18(2)8-14-9-19(3,11-18)12-22(14)10-17(23)21-15-6-5-13(20)7-16(15)24-4/h5-7,14H,8-12,20H2,1-4H3,(H,21,23). The molecule has 24 heavy (non-hydrogen) atoms. The van der Waals surface area contributed by atoms with Crippen LogP contribution >= 0.6 is 0 Å². The van der Waals surface area contributed by atoms with Gasteiger partial charge in [0.2, 0.25) is 5.91 Å². The number of ether oxygens (including phenoxy) is 1. The second kappa shape index (κ2) is 5.96. The number of nitrogen functional groups attached to an aromatic ring is 1. The zero-order valence-corrected chi connectivity index (χ0v) is 15.2. The molecule has 1 aliphatic heterocycles. The number of hydrogen-bond acceptors (Lipinski definition) is 4. The number of nitrogens with one attached hydrogen (secondary N) is 1. The van der Waals surface area contributed by atoms with Gasteiger partial charge in [-0.3, -0.25) is 9.69 Å². The van der Waals surface area contributed by atoms with E-state index >= 15 is 0 Å². The molecule has 2 atom stereocenters. The zero-order chi connectivity index (χ0) is 17.5. The van der Waals surface area contributed by atoms with Crippen LogP contribution in [0.3, 0.4) is 0 Å². The number of carbonyl (C=O) groups is 1. The van der Waals surface area contributed by atoms with Gasteiger partial charge < -0.3 is 15.8 Å². The lowest BCUT2D eigenvalue weighted by Gasteiger charge is -2.39. The van der Waals surface area contributed by atoms with Gasteiger partial charge in [-0.25, -0.2) is 0 Å². The summed E-state index contributed by atoms with van der Waals surface area (Å²) in [5.74, 6) is 0.601. The molecule has 5 nitrogen and oxygen atoms in total. The maximum atomic E-state index is 12.5. The molecule has 5 heteroatoms. The lowest BCUT2D eigenvalue weighted by molar-refractivity contribution is -0.117. The average Bonchev–Trinajstić information content (AvgIpc) is 2.69. The summed E-state index contributed by atoms with van der Waals surface area (Å²) >= 11 is 0. The number of anilines is 2. The van der Waals surface area contributed by atoms with Gasteiger partial charge >= 0.3 is 0 Å². The first kappa shape index (κ1) is 17.1. The number of fused-ring (bicyclic) bond motifs is 2. The molecule has 2 unspecified atom stereocenters. The molecule has 2 aliphatic rings. The van der Waals surface area contributed by atoms with E-state index in [1.165, 1.54) is 19.3 Å². The van der Waals surface area contributed by atoms with E-state index in [1.54, 1.807) is 25.3 Å². The number of benzene rings is 1. The van der Waals surface area contributed by atoms with Crippen LogP contribution in [0.25, 0.3) is 0 Å². The van der Waals surface area contributed by atoms with Crippen LogP contribution in [0.5, 0.6) is 5.75 Å². The molecule has 2 bridgehead atoms. The van der Waals surface area contributed by atoms with Gasteiger partial charge in [-0.05, 0) is 42.2 Å². The Balaban J connectivity index is 1.66. The first-order valence-electron chi connectivity index (χ1n) is 8.67. The molecule has 1 aromatic rings. The first-order valence-corrected chi connectivity index (χ1v) is 8.67. The molecule has 1 aliphatic carbocycles. The summed E-state index contributed by atoms with van der Waals surface area (Å²) in [5.41, 5.74) is 7.76. The van der Waals surface area contributed by atoms with E-state index in [0.717, 1.165) is 6.54 Å². The minimum Gasteiger partial charge on any atom is -0.494 e. The SMILES string of the molecule is COc1cc(N)ccc1NC(=O)CN1CC2(C)CC1CC(C)(C)C2. The normalized spacial score (nSPS) is 28.6. The monoisotopic (exact) mass is 331 g/mol. The number of carbonyl (C=O) groups excluding carboxylic acids is 1. The van der Waals surface area contributed by atoms with E-state index in [1.807, 2.05) is 0 Å². The molecule has 3 rings (SSSR count). The number of nitrogens with zero attached hydrogens (tertiary/aromatic N) is 1. The average molecular weight is 331 g/mol. The van der Waals surface area contributed by atoms with Crippen molar-refractivity contribution in [1.82, 2.24) is 4.90 Å². The summed E-state index contributed by atoms with van der Waals surface area (Å²) in [6.45, 7) is 8.50. The van der Waals surface area contributed by atoms with Gasteiger partial charge in [-0.2, -0.15) is 0 Å². The van der Waals surface area contributed by atoms with E-state index in [0.29, 0.717) is 40.5 Å². The van der Waals surface area contributed by atoms with Crippen LogP contribution in [0.1, 0.15) is 40.0 Å². The maximum Gasteiger partial charge on any atom is 0.238 e. The van der Waals surface area contributed by atoms with Crippen LogP contribution in [0.2, 0.25) is 0 Å². The minimum atomic E-state index is 0.00651. The number of rotatable bonds is 4. The van der Waals surface area contributed by atoms with Crippen LogP contribution in [-0.2, 0) is 4.79 Å². The minimum absolute atomic E-state index is 0.00651. The molecule has 1 saturated heterocycles. The summed E-state index contributed by atoms with van der Waals surface area (Å²) in [7, 11) is 1.58. The second-order valence-electron chi connectivity index (χ2n) is 8.63. The Morgan fingerprint density at radius 2 is 2.12 bits per heavy atom. The van der Waals surface area contributed by atoms with Crippen molar-refractivity contribution in [1.29, 1.82) is 0 Å². The number of amides is 1. The van der Waals surface area contributed by atoms with Crippen molar-refractivity contribution in [2.75, 3.05) is 31.2 Å². The van der Waals surface area contributed by atoms with Gasteiger partial charge in [-0.15, -0.1) is 0 Å². The zero-order valence-electron chi connectivity index (χ0n) is 15.2. The predicted molar refractivity (Wildman–Crippen MR) is 97.1 cm³/mol. The Hall–Kier alpha value is -1.75. The molecule has 2 fully saturated rings. The molecule has 0 radical (unpaired) electrons. The number of likely N-dealkylation sites (tertiary alicyclic amines) is 1. The van der Waals surface area contributed by atoms with Crippen LogP contribution in [0.15, 0.2) is 18.2 Å². The van der Waals surface area contributed by atoms with Gasteiger partial charge in [0, 0.05) is 24.3 Å². The van der Waals surface area contributed by atoms with Crippen molar-refractivity contribution in [3.8, 4) is 5.75 Å². The van der Waals surface area contributed by atoms with Crippen LogP contribution < -0.4 is 15.8 Å². The molecule has 132 valence electrons. The molecule has 1 saturated carbocycles. The number of hydrogen-bond donors (Lipinski definition) is 2. The third-order valence-electron chi connectivity index (χ3n) is 5.37. The van der Waals surface area contributed by atoms with Crippen molar-refractivity contribution in [2.24, 2.45) is 10.8 Å². The largest absolute Gasteiger partial charge is 0.494 e. The van der Waals surface area contributed by atoms with Gasteiger partial charge in [0.1, 0.15) is 5.75 Å². The smallest absolute Gasteiger partial charge is 0.238 e. The van der Waals surface area contributed by atoms with Crippen LogP contribution in [-0.4, -0.2) is 37.0 Å². The van der Waals surface area contributed by atoms with E-state index in [4.69, 9.17) is 10.5 Å². The molecule has 0 spiro atoms. The Labute approximate surface area is 144 Å². The van der Waals surface area contributed by atoms with Gasteiger partial charge in [0.15, 0.2) is 0 Å². The fourth-order valence-electron chi connectivity index (χ4n) is 4.95. The van der Waals surface area contributed by atoms with Crippen LogP contribution in [0, 0.1) is 10.8 Å². The first-order chi connectivity index (χ1) is 11.2. The highest BCUT2D eigenvalue weighted by molar-refractivity contribution is 5.94. The fourth-order valence-corrected chi connectivity index (χ4v) is 4.95. The molecule has 3 N–H and O–H groups in total. The Bertz CT molecular complexity index is 643. The molecular weight excluding hydrogens is 302 g/mol.